The smallest absolute Gasteiger partial charge is 0.230 e. The van der Waals surface area contributed by atoms with E-state index < -0.39 is 0 Å². The molecule has 0 aliphatic rings. The van der Waals surface area contributed by atoms with Crippen LogP contribution in [0.2, 0.25) is 0 Å². The Kier molecular flexibility index (Phi) is 6.45. The average Bonchev–Trinajstić information content (AvgIpc) is 3.35. The number of ether oxygens (including phenoxy) is 1. The number of H-pyrrole nitrogens is 1. The summed E-state index contributed by atoms with van der Waals surface area (Å²) >= 11 is 2.95. The third-order valence-corrected chi connectivity index (χ3v) is 5.07. The predicted molar refractivity (Wildman–Crippen MR) is 105 cm³/mol. The number of thioether (sulfide) groups is 1. The maximum atomic E-state index is 12.0. The molecule has 2 N–H and O–H groups in total. The van der Waals surface area contributed by atoms with Gasteiger partial charge in [0.25, 0.3) is 0 Å². The number of amides is 1. The van der Waals surface area contributed by atoms with Gasteiger partial charge in [0.15, 0.2) is 0 Å². The third kappa shape index (κ3) is 5.47. The second-order valence-electron chi connectivity index (χ2n) is 5.27. The lowest BCUT2D eigenvalue weighted by molar-refractivity contribution is -0.118. The van der Waals surface area contributed by atoms with Gasteiger partial charge in [-0.3, -0.25) is 9.89 Å². The van der Waals surface area contributed by atoms with Gasteiger partial charge < -0.3 is 10.1 Å². The van der Waals surface area contributed by atoms with E-state index in [0.717, 1.165) is 16.2 Å². The van der Waals surface area contributed by atoms with E-state index in [0.29, 0.717) is 17.5 Å². The number of hydrogen-bond acceptors (Lipinski definition) is 6. The third-order valence-electron chi connectivity index (χ3n) is 3.39. The molecule has 0 atom stereocenters. The summed E-state index contributed by atoms with van der Waals surface area (Å²) < 4.78 is 5.17. The van der Waals surface area contributed by atoms with Crippen molar-refractivity contribution in [3.8, 4) is 5.75 Å². The summed E-state index contributed by atoms with van der Waals surface area (Å²) in [7, 11) is 1.62. The molecular formula is C18H18N4O2S2. The first-order valence-corrected chi connectivity index (χ1v) is 9.76. The van der Waals surface area contributed by atoms with Crippen LogP contribution in [0, 0.1) is 0 Å². The molecule has 0 spiro atoms. The first kappa shape index (κ1) is 18.2. The molecule has 0 radical (unpaired) electrons. The molecule has 2 heterocycles. The summed E-state index contributed by atoms with van der Waals surface area (Å²) in [6, 6.07) is 11.6. The number of aromatic nitrogens is 3. The van der Waals surface area contributed by atoms with Crippen molar-refractivity contribution in [3.63, 3.8) is 0 Å². The van der Waals surface area contributed by atoms with E-state index in [9.17, 15) is 4.79 Å². The second-order valence-corrected chi connectivity index (χ2v) is 7.19. The van der Waals surface area contributed by atoms with E-state index >= 15 is 0 Å². The standard InChI is InChI=1S/C18H18N4O2S2/c1-24-14-5-2-4-13(10-14)11-19-17(23)12-26-18-20-16(21-22-18)8-7-15-6-3-9-25-15/h2-10H,11-12H2,1H3,(H,19,23)(H,20,21,22)/b8-7+. The molecule has 1 amide bonds. The van der Waals surface area contributed by atoms with Gasteiger partial charge in [0.2, 0.25) is 11.1 Å². The summed E-state index contributed by atoms with van der Waals surface area (Å²) in [5.74, 6) is 1.63. The fraction of sp³-hybridized carbons (Fsp3) is 0.167. The SMILES string of the molecule is COc1cccc(CNC(=O)CSc2n[nH]c(/C=C/c3cccs3)n2)c1. The summed E-state index contributed by atoms with van der Waals surface area (Å²) in [6.07, 6.45) is 3.84. The van der Waals surface area contributed by atoms with Gasteiger partial charge >= 0.3 is 0 Å². The van der Waals surface area contributed by atoms with E-state index in [4.69, 9.17) is 4.74 Å². The number of carbonyl (C=O) groups is 1. The van der Waals surface area contributed by atoms with Crippen LogP contribution in [0.15, 0.2) is 46.9 Å². The van der Waals surface area contributed by atoms with E-state index in [1.54, 1.807) is 18.4 Å². The van der Waals surface area contributed by atoms with Crippen LogP contribution in [-0.2, 0) is 11.3 Å². The number of hydrogen-bond donors (Lipinski definition) is 2. The van der Waals surface area contributed by atoms with Crippen molar-refractivity contribution in [2.24, 2.45) is 0 Å². The molecule has 0 saturated heterocycles. The zero-order chi connectivity index (χ0) is 18.2. The molecular weight excluding hydrogens is 368 g/mol. The van der Waals surface area contributed by atoms with Crippen LogP contribution >= 0.6 is 23.1 Å². The zero-order valence-corrected chi connectivity index (χ0v) is 15.8. The van der Waals surface area contributed by atoms with Crippen LogP contribution in [0.4, 0.5) is 0 Å². The molecule has 0 fully saturated rings. The van der Waals surface area contributed by atoms with Crippen LogP contribution in [0.1, 0.15) is 16.3 Å². The number of aromatic amines is 1. The predicted octanol–water partition coefficient (Wildman–Crippen LogP) is 3.45. The van der Waals surface area contributed by atoms with Gasteiger partial charge in [0.05, 0.1) is 12.9 Å². The number of nitrogens with one attached hydrogen (secondary N) is 2. The number of carbonyl (C=O) groups excluding carboxylic acids is 1. The minimum Gasteiger partial charge on any atom is -0.497 e. The normalized spacial score (nSPS) is 11.0. The first-order chi connectivity index (χ1) is 12.7. The summed E-state index contributed by atoms with van der Waals surface area (Å²) in [6.45, 7) is 0.458. The topological polar surface area (TPSA) is 79.9 Å². The van der Waals surface area contributed by atoms with Gasteiger partial charge in [-0.05, 0) is 41.3 Å². The molecule has 0 unspecified atom stereocenters. The Hall–Kier alpha value is -2.58. The van der Waals surface area contributed by atoms with Crippen molar-refractivity contribution in [1.29, 1.82) is 0 Å². The van der Waals surface area contributed by atoms with Gasteiger partial charge in [0, 0.05) is 11.4 Å². The number of thiophene rings is 1. The van der Waals surface area contributed by atoms with Crippen LogP contribution < -0.4 is 10.1 Å². The van der Waals surface area contributed by atoms with Crippen molar-refractivity contribution in [3.05, 3.63) is 58.0 Å². The van der Waals surface area contributed by atoms with E-state index in [-0.39, 0.29) is 11.7 Å². The van der Waals surface area contributed by atoms with Crippen LogP contribution in [0.25, 0.3) is 12.2 Å². The summed E-state index contributed by atoms with van der Waals surface area (Å²) in [5, 5.41) is 12.4. The van der Waals surface area contributed by atoms with Crippen LogP contribution in [0.3, 0.4) is 0 Å². The molecule has 3 rings (SSSR count). The van der Waals surface area contributed by atoms with E-state index in [2.05, 4.69) is 20.5 Å². The highest BCUT2D eigenvalue weighted by Crippen LogP contribution is 2.15. The number of rotatable bonds is 8. The monoisotopic (exact) mass is 386 g/mol. The zero-order valence-electron chi connectivity index (χ0n) is 14.1. The van der Waals surface area contributed by atoms with E-state index in [1.165, 1.54) is 11.8 Å². The molecule has 0 aliphatic heterocycles. The molecule has 0 bridgehead atoms. The fourth-order valence-corrected chi connectivity index (χ4v) is 3.36. The lowest BCUT2D eigenvalue weighted by Gasteiger charge is -2.06. The highest BCUT2D eigenvalue weighted by molar-refractivity contribution is 7.99. The van der Waals surface area contributed by atoms with Crippen LogP contribution in [0.5, 0.6) is 5.75 Å². The number of methoxy groups -OCH3 is 1. The van der Waals surface area contributed by atoms with Gasteiger partial charge in [0.1, 0.15) is 11.6 Å². The Morgan fingerprint density at radius 3 is 3.08 bits per heavy atom. The maximum Gasteiger partial charge on any atom is 0.230 e. The molecule has 6 nitrogen and oxygen atoms in total. The Morgan fingerprint density at radius 2 is 2.27 bits per heavy atom. The lowest BCUT2D eigenvalue weighted by atomic mass is 10.2. The Balaban J connectivity index is 1.44. The average molecular weight is 387 g/mol. The quantitative estimate of drug-likeness (QED) is 0.580. The van der Waals surface area contributed by atoms with Crippen molar-refractivity contribution in [2.45, 2.75) is 11.7 Å². The van der Waals surface area contributed by atoms with Gasteiger partial charge in [-0.1, -0.05) is 30.0 Å². The minimum absolute atomic E-state index is 0.0710. The summed E-state index contributed by atoms with van der Waals surface area (Å²) in [5.41, 5.74) is 0.988. The number of nitrogens with zero attached hydrogens (tertiary/aromatic N) is 2. The van der Waals surface area contributed by atoms with Crippen LogP contribution in [-0.4, -0.2) is 34.0 Å². The first-order valence-electron chi connectivity index (χ1n) is 7.89. The molecule has 3 aromatic rings. The molecule has 0 saturated carbocycles. The van der Waals surface area contributed by atoms with Crippen molar-refractivity contribution >= 4 is 41.2 Å². The number of benzene rings is 1. The molecule has 0 aliphatic carbocycles. The Morgan fingerprint density at radius 1 is 1.35 bits per heavy atom. The highest BCUT2D eigenvalue weighted by Gasteiger charge is 2.07. The van der Waals surface area contributed by atoms with Gasteiger partial charge in [-0.2, -0.15) is 0 Å². The lowest BCUT2D eigenvalue weighted by Crippen LogP contribution is -2.24. The van der Waals surface area contributed by atoms with Crippen molar-refractivity contribution in [2.75, 3.05) is 12.9 Å². The second kappa shape index (κ2) is 9.21. The van der Waals surface area contributed by atoms with Crippen molar-refractivity contribution < 1.29 is 9.53 Å². The molecule has 134 valence electrons. The van der Waals surface area contributed by atoms with Gasteiger partial charge in [-0.15, -0.1) is 16.4 Å². The van der Waals surface area contributed by atoms with Crippen molar-refractivity contribution in [1.82, 2.24) is 20.5 Å². The molecule has 2 aromatic heterocycles. The summed E-state index contributed by atoms with van der Waals surface area (Å²) in [4.78, 5) is 17.5. The minimum atomic E-state index is -0.0710. The fourth-order valence-electron chi connectivity index (χ4n) is 2.11. The molecule has 26 heavy (non-hydrogen) atoms. The highest BCUT2D eigenvalue weighted by atomic mass is 32.2. The molecule has 1 aromatic carbocycles. The molecule has 8 heteroatoms. The van der Waals surface area contributed by atoms with E-state index in [1.807, 2.05) is 53.9 Å². The maximum absolute atomic E-state index is 12.0. The Labute approximate surface area is 159 Å². The largest absolute Gasteiger partial charge is 0.497 e. The Bertz CT molecular complexity index is 875. The van der Waals surface area contributed by atoms with Gasteiger partial charge in [-0.25, -0.2) is 4.98 Å².